The number of pyridine rings is 3. The molecule has 0 amide bonds. The summed E-state index contributed by atoms with van der Waals surface area (Å²) in [5.74, 6) is 1.54. The van der Waals surface area contributed by atoms with Crippen LogP contribution in [0.15, 0.2) is 79.4 Å². The molecule has 4 heterocycles. The molecular formula is C22H15N3O2. The van der Waals surface area contributed by atoms with Crippen molar-refractivity contribution in [2.24, 2.45) is 0 Å². The molecule has 1 aromatic carbocycles. The fourth-order valence-corrected chi connectivity index (χ4v) is 3.11. The first-order chi connectivity index (χ1) is 13.4. The van der Waals surface area contributed by atoms with Crippen LogP contribution in [0.3, 0.4) is 0 Å². The van der Waals surface area contributed by atoms with Crippen LogP contribution in [0, 0.1) is 0 Å². The fraction of sp³-hybridized carbons (Fsp3) is 0.0455. The van der Waals surface area contributed by atoms with Gasteiger partial charge < -0.3 is 9.47 Å². The molecule has 0 atom stereocenters. The summed E-state index contributed by atoms with van der Waals surface area (Å²) in [6.45, 7) is 0.264. The molecule has 5 heteroatoms. The Balaban J connectivity index is 1.68. The minimum absolute atomic E-state index is 0.264. The summed E-state index contributed by atoms with van der Waals surface area (Å²) < 4.78 is 11.0. The maximum Gasteiger partial charge on any atom is 0.231 e. The highest BCUT2D eigenvalue weighted by molar-refractivity contribution is 5.77. The first-order valence-corrected chi connectivity index (χ1v) is 8.60. The van der Waals surface area contributed by atoms with Crippen LogP contribution in [-0.2, 0) is 0 Å². The summed E-state index contributed by atoms with van der Waals surface area (Å²) >= 11 is 0. The molecule has 0 N–H and O–H groups in total. The van der Waals surface area contributed by atoms with Gasteiger partial charge >= 0.3 is 0 Å². The molecule has 0 fully saturated rings. The Morgan fingerprint density at radius 3 is 1.78 bits per heavy atom. The number of hydrogen-bond acceptors (Lipinski definition) is 5. The molecule has 0 unspecified atom stereocenters. The lowest BCUT2D eigenvalue weighted by Gasteiger charge is -2.10. The number of ether oxygens (including phenoxy) is 2. The quantitative estimate of drug-likeness (QED) is 0.539. The van der Waals surface area contributed by atoms with E-state index in [0.717, 1.165) is 45.1 Å². The zero-order chi connectivity index (χ0) is 18.1. The summed E-state index contributed by atoms with van der Waals surface area (Å²) in [7, 11) is 0. The van der Waals surface area contributed by atoms with Gasteiger partial charge in [-0.05, 0) is 59.7 Å². The van der Waals surface area contributed by atoms with Crippen molar-refractivity contribution < 1.29 is 9.47 Å². The second-order valence-electron chi connectivity index (χ2n) is 6.17. The Morgan fingerprint density at radius 1 is 0.556 bits per heavy atom. The number of hydrogen-bond donors (Lipinski definition) is 0. The van der Waals surface area contributed by atoms with Crippen LogP contribution in [0.2, 0.25) is 0 Å². The highest BCUT2D eigenvalue weighted by Gasteiger charge is 2.15. The van der Waals surface area contributed by atoms with E-state index in [1.165, 1.54) is 0 Å². The van der Waals surface area contributed by atoms with Gasteiger partial charge in [0.1, 0.15) is 0 Å². The summed E-state index contributed by atoms with van der Waals surface area (Å²) in [6, 6.07) is 18.0. The van der Waals surface area contributed by atoms with Crippen LogP contribution >= 0.6 is 0 Å². The molecule has 0 saturated heterocycles. The van der Waals surface area contributed by atoms with Crippen molar-refractivity contribution in [3.05, 3.63) is 79.4 Å². The molecule has 5 rings (SSSR count). The van der Waals surface area contributed by atoms with Crippen LogP contribution < -0.4 is 9.47 Å². The Morgan fingerprint density at radius 2 is 1.15 bits per heavy atom. The number of aromatic nitrogens is 3. The standard InChI is InChI=1S/C22H15N3O2/c1-2-21-22(27-14-26-21)13-17(1)18-11-19(15-3-7-23-8-4-15)25-20(12-18)16-5-9-24-10-6-16/h1-13H,14H2. The van der Waals surface area contributed by atoms with E-state index < -0.39 is 0 Å². The largest absolute Gasteiger partial charge is 0.454 e. The van der Waals surface area contributed by atoms with E-state index in [2.05, 4.69) is 22.1 Å². The SMILES string of the molecule is c1cc(-c2cc(-c3ccc4c(c3)OCO4)cc(-c3ccncc3)n2)ccn1. The van der Waals surface area contributed by atoms with Gasteiger partial charge in [0.2, 0.25) is 6.79 Å². The van der Waals surface area contributed by atoms with E-state index >= 15 is 0 Å². The molecular weight excluding hydrogens is 338 g/mol. The summed E-state index contributed by atoms with van der Waals surface area (Å²) in [4.78, 5) is 13.1. The van der Waals surface area contributed by atoms with Crippen LogP contribution in [-0.4, -0.2) is 21.7 Å². The topological polar surface area (TPSA) is 57.1 Å². The maximum atomic E-state index is 5.54. The highest BCUT2D eigenvalue weighted by Crippen LogP contribution is 2.37. The first-order valence-electron chi connectivity index (χ1n) is 8.60. The zero-order valence-electron chi connectivity index (χ0n) is 14.4. The predicted octanol–water partition coefficient (Wildman–Crippen LogP) is 4.60. The molecule has 5 nitrogen and oxygen atoms in total. The normalized spacial score (nSPS) is 12.1. The van der Waals surface area contributed by atoms with Gasteiger partial charge in [-0.3, -0.25) is 9.97 Å². The predicted molar refractivity (Wildman–Crippen MR) is 102 cm³/mol. The highest BCUT2D eigenvalue weighted by atomic mass is 16.7. The van der Waals surface area contributed by atoms with Gasteiger partial charge in [-0.1, -0.05) is 6.07 Å². The third-order valence-corrected chi connectivity index (χ3v) is 4.48. The van der Waals surface area contributed by atoms with E-state index in [1.54, 1.807) is 24.8 Å². The van der Waals surface area contributed by atoms with Gasteiger partial charge in [0, 0.05) is 35.9 Å². The second kappa shape index (κ2) is 6.53. The molecule has 27 heavy (non-hydrogen) atoms. The Bertz CT molecular complexity index is 1040. The van der Waals surface area contributed by atoms with E-state index in [4.69, 9.17) is 14.5 Å². The molecule has 0 aliphatic carbocycles. The maximum absolute atomic E-state index is 5.54. The van der Waals surface area contributed by atoms with Gasteiger partial charge in [0.05, 0.1) is 11.4 Å². The molecule has 3 aromatic heterocycles. The zero-order valence-corrected chi connectivity index (χ0v) is 14.4. The molecule has 130 valence electrons. The van der Waals surface area contributed by atoms with Crippen molar-refractivity contribution in [2.75, 3.05) is 6.79 Å². The van der Waals surface area contributed by atoms with E-state index in [1.807, 2.05) is 42.5 Å². The molecule has 0 saturated carbocycles. The number of nitrogens with zero attached hydrogens (tertiary/aromatic N) is 3. The van der Waals surface area contributed by atoms with Gasteiger partial charge in [0.15, 0.2) is 11.5 Å². The third-order valence-electron chi connectivity index (χ3n) is 4.48. The Kier molecular flexibility index (Phi) is 3.76. The van der Waals surface area contributed by atoms with Crippen molar-refractivity contribution in [1.29, 1.82) is 0 Å². The smallest absolute Gasteiger partial charge is 0.231 e. The average Bonchev–Trinajstić information content (AvgIpc) is 3.22. The monoisotopic (exact) mass is 353 g/mol. The van der Waals surface area contributed by atoms with Crippen molar-refractivity contribution >= 4 is 0 Å². The van der Waals surface area contributed by atoms with Crippen LogP contribution in [0.4, 0.5) is 0 Å². The lowest BCUT2D eigenvalue weighted by Crippen LogP contribution is -1.93. The molecule has 4 aromatic rings. The first kappa shape index (κ1) is 15.5. The summed E-state index contributed by atoms with van der Waals surface area (Å²) in [6.07, 6.45) is 7.10. The minimum atomic E-state index is 0.264. The van der Waals surface area contributed by atoms with E-state index in [9.17, 15) is 0 Å². The van der Waals surface area contributed by atoms with Crippen molar-refractivity contribution in [1.82, 2.24) is 15.0 Å². The molecule has 0 spiro atoms. The second-order valence-corrected chi connectivity index (χ2v) is 6.17. The average molecular weight is 353 g/mol. The molecule has 1 aliphatic rings. The summed E-state index contributed by atoms with van der Waals surface area (Å²) in [5.41, 5.74) is 5.92. The number of rotatable bonds is 3. The van der Waals surface area contributed by atoms with Gasteiger partial charge in [-0.25, -0.2) is 4.98 Å². The lowest BCUT2D eigenvalue weighted by molar-refractivity contribution is 0.174. The Hall–Kier alpha value is -3.73. The number of benzene rings is 1. The lowest BCUT2D eigenvalue weighted by atomic mass is 10.0. The molecule has 0 bridgehead atoms. The van der Waals surface area contributed by atoms with Crippen molar-refractivity contribution in [3.63, 3.8) is 0 Å². The van der Waals surface area contributed by atoms with Crippen LogP contribution in [0.1, 0.15) is 0 Å². The van der Waals surface area contributed by atoms with Gasteiger partial charge in [-0.2, -0.15) is 0 Å². The Labute approximate surface area is 156 Å². The third kappa shape index (κ3) is 3.00. The van der Waals surface area contributed by atoms with Gasteiger partial charge in [0.25, 0.3) is 0 Å². The summed E-state index contributed by atoms with van der Waals surface area (Å²) in [5, 5.41) is 0. The van der Waals surface area contributed by atoms with Crippen LogP contribution in [0.25, 0.3) is 33.6 Å². The number of fused-ring (bicyclic) bond motifs is 1. The van der Waals surface area contributed by atoms with Crippen molar-refractivity contribution in [3.8, 4) is 45.1 Å². The van der Waals surface area contributed by atoms with Gasteiger partial charge in [-0.15, -0.1) is 0 Å². The van der Waals surface area contributed by atoms with E-state index in [-0.39, 0.29) is 6.79 Å². The minimum Gasteiger partial charge on any atom is -0.454 e. The molecule has 0 radical (unpaired) electrons. The molecule has 1 aliphatic heterocycles. The fourth-order valence-electron chi connectivity index (χ4n) is 3.11. The van der Waals surface area contributed by atoms with E-state index in [0.29, 0.717) is 0 Å². The van der Waals surface area contributed by atoms with Crippen molar-refractivity contribution in [2.45, 2.75) is 0 Å². The van der Waals surface area contributed by atoms with Crippen LogP contribution in [0.5, 0.6) is 11.5 Å².